The summed E-state index contributed by atoms with van der Waals surface area (Å²) in [7, 11) is 0. The second-order valence-electron chi connectivity index (χ2n) is 9.32. The first kappa shape index (κ1) is 29.2. The Morgan fingerprint density at radius 2 is 1.72 bits per heavy atom. The molecule has 2 N–H and O–H groups in total. The van der Waals surface area contributed by atoms with Crippen LogP contribution in [0.1, 0.15) is 44.7 Å². The summed E-state index contributed by atoms with van der Waals surface area (Å²) in [5, 5.41) is 24.1. The molecule has 2 aromatic carbocycles. The lowest BCUT2D eigenvalue weighted by Gasteiger charge is -2.30. The van der Waals surface area contributed by atoms with Gasteiger partial charge in [0, 0.05) is 23.5 Å². The summed E-state index contributed by atoms with van der Waals surface area (Å²) < 4.78 is 50.5. The van der Waals surface area contributed by atoms with Crippen molar-refractivity contribution in [1.29, 1.82) is 0 Å². The van der Waals surface area contributed by atoms with Crippen molar-refractivity contribution in [2.75, 3.05) is 6.61 Å². The lowest BCUT2D eigenvalue weighted by atomic mass is 9.80. The van der Waals surface area contributed by atoms with Gasteiger partial charge in [0.15, 0.2) is 0 Å². The molecule has 0 fully saturated rings. The zero-order valence-electron chi connectivity index (χ0n) is 21.5. The first-order valence-electron chi connectivity index (χ1n) is 11.9. The third-order valence-electron chi connectivity index (χ3n) is 6.20. The molecule has 0 aromatic heterocycles. The Labute approximate surface area is 222 Å². The highest BCUT2D eigenvalue weighted by molar-refractivity contribution is 5.99. The van der Waals surface area contributed by atoms with E-state index in [-0.39, 0.29) is 46.4 Å². The number of carboxylic acids is 1. The molecule has 39 heavy (non-hydrogen) atoms. The normalized spacial score (nSPS) is 16.6. The zero-order chi connectivity index (χ0) is 29.1. The molecule has 2 unspecified atom stereocenters. The number of nitro benzene ring substituents is 1. The van der Waals surface area contributed by atoms with Crippen LogP contribution in [-0.2, 0) is 20.5 Å². The number of hydrogen-bond donors (Lipinski definition) is 2. The van der Waals surface area contributed by atoms with Gasteiger partial charge in [-0.2, -0.15) is 13.2 Å². The van der Waals surface area contributed by atoms with E-state index < -0.39 is 40.6 Å². The minimum Gasteiger partial charge on any atom is -0.487 e. The quantitative estimate of drug-likeness (QED) is 0.236. The topological polar surface area (TPSA) is 128 Å². The number of aliphatic carboxylic acids is 1. The van der Waals surface area contributed by atoms with Gasteiger partial charge in [0.2, 0.25) is 0 Å². The summed E-state index contributed by atoms with van der Waals surface area (Å²) >= 11 is 0. The zero-order valence-corrected chi connectivity index (χ0v) is 21.5. The fraction of sp³-hybridized carbons (Fsp3) is 0.333. The predicted molar refractivity (Wildman–Crippen MR) is 134 cm³/mol. The number of non-ortho nitro benzene ring substituents is 1. The van der Waals surface area contributed by atoms with Crippen molar-refractivity contribution in [3.05, 3.63) is 92.3 Å². The van der Waals surface area contributed by atoms with E-state index in [0.717, 1.165) is 12.1 Å². The van der Waals surface area contributed by atoms with Gasteiger partial charge >= 0.3 is 18.1 Å². The number of dihydropyridines is 1. The number of nitrogens with one attached hydrogen (secondary N) is 1. The molecule has 0 saturated heterocycles. The molecular weight excluding hydrogens is 521 g/mol. The molecule has 0 spiro atoms. The molecule has 0 saturated carbocycles. The third-order valence-corrected chi connectivity index (χ3v) is 6.20. The van der Waals surface area contributed by atoms with Crippen LogP contribution in [0, 0.1) is 16.0 Å². The van der Waals surface area contributed by atoms with Crippen LogP contribution in [0.2, 0.25) is 0 Å². The Morgan fingerprint density at radius 1 is 1.08 bits per heavy atom. The maximum atomic E-state index is 13.4. The number of alkyl halides is 3. The van der Waals surface area contributed by atoms with E-state index in [1.165, 1.54) is 43.3 Å². The SMILES string of the molecule is CC1=C(C(=O)O)C(c2cccc([N+](=O)[O-])c2)C(C(=O)OCC(Oc2cccc(C(F)(F)F)c2)C(C)C)=C(C)N1. The van der Waals surface area contributed by atoms with E-state index in [1.54, 1.807) is 20.8 Å². The molecule has 2 atom stereocenters. The average Bonchev–Trinajstić information content (AvgIpc) is 2.85. The predicted octanol–water partition coefficient (Wildman–Crippen LogP) is 5.58. The van der Waals surface area contributed by atoms with E-state index in [0.29, 0.717) is 5.70 Å². The van der Waals surface area contributed by atoms with Crippen molar-refractivity contribution in [3.8, 4) is 5.75 Å². The van der Waals surface area contributed by atoms with Gasteiger partial charge in [-0.05, 0) is 43.5 Å². The molecule has 3 rings (SSSR count). The number of halogens is 3. The van der Waals surface area contributed by atoms with E-state index in [4.69, 9.17) is 9.47 Å². The first-order valence-corrected chi connectivity index (χ1v) is 11.9. The van der Waals surface area contributed by atoms with Gasteiger partial charge in [0.1, 0.15) is 18.5 Å². The Morgan fingerprint density at radius 3 is 2.31 bits per heavy atom. The minimum absolute atomic E-state index is 0.0597. The highest BCUT2D eigenvalue weighted by atomic mass is 19.4. The summed E-state index contributed by atoms with van der Waals surface area (Å²) in [5.41, 5.74) is -0.687. The molecular formula is C27H27F3N2O7. The number of carbonyl (C=O) groups excluding carboxylic acids is 1. The second kappa shape index (κ2) is 11.6. The van der Waals surface area contributed by atoms with Crippen LogP contribution in [0.5, 0.6) is 5.75 Å². The van der Waals surface area contributed by atoms with E-state index in [9.17, 15) is 38.0 Å². The molecule has 1 heterocycles. The van der Waals surface area contributed by atoms with Crippen LogP contribution >= 0.6 is 0 Å². The van der Waals surface area contributed by atoms with Crippen LogP contribution in [0.15, 0.2) is 71.1 Å². The number of carboxylic acid groups (broad SMARTS) is 1. The van der Waals surface area contributed by atoms with E-state index >= 15 is 0 Å². The minimum atomic E-state index is -4.56. The second-order valence-corrected chi connectivity index (χ2v) is 9.32. The summed E-state index contributed by atoms with van der Waals surface area (Å²) in [4.78, 5) is 36.3. The summed E-state index contributed by atoms with van der Waals surface area (Å²) in [6.45, 7) is 6.17. The van der Waals surface area contributed by atoms with Gasteiger partial charge in [-0.1, -0.05) is 32.0 Å². The number of rotatable bonds is 9. The van der Waals surface area contributed by atoms with E-state index in [1.807, 2.05) is 0 Å². The molecule has 1 aliphatic heterocycles. The van der Waals surface area contributed by atoms with Gasteiger partial charge in [0.25, 0.3) is 5.69 Å². The summed E-state index contributed by atoms with van der Waals surface area (Å²) in [5.74, 6) is -3.76. The van der Waals surface area contributed by atoms with Gasteiger partial charge in [0.05, 0.1) is 27.6 Å². The lowest BCUT2D eigenvalue weighted by Crippen LogP contribution is -2.34. The standard InChI is InChI=1S/C27H27F3N2O7/c1-14(2)21(39-20-10-6-8-18(12-20)27(28,29)30)13-38-26(35)23-16(4)31-15(3)22(25(33)34)24(23)17-7-5-9-19(11-17)32(36)37/h5-12,14,21,24,31H,13H2,1-4H3,(H,33,34). The van der Waals surface area contributed by atoms with Crippen LogP contribution in [0.25, 0.3) is 0 Å². The Bertz CT molecular complexity index is 1350. The van der Waals surface area contributed by atoms with Crippen molar-refractivity contribution in [2.45, 2.75) is 45.9 Å². The molecule has 0 radical (unpaired) electrons. The highest BCUT2D eigenvalue weighted by Gasteiger charge is 2.38. The summed E-state index contributed by atoms with van der Waals surface area (Å²) in [6, 6.07) is 9.62. The Kier molecular flexibility index (Phi) is 8.68. The van der Waals surface area contributed by atoms with Crippen molar-refractivity contribution in [2.24, 2.45) is 5.92 Å². The highest BCUT2D eigenvalue weighted by Crippen LogP contribution is 2.40. The van der Waals surface area contributed by atoms with E-state index in [2.05, 4.69) is 5.32 Å². The van der Waals surface area contributed by atoms with Gasteiger partial charge < -0.3 is 19.9 Å². The molecule has 12 heteroatoms. The average molecular weight is 549 g/mol. The van der Waals surface area contributed by atoms with Crippen molar-refractivity contribution in [1.82, 2.24) is 5.32 Å². The first-order chi connectivity index (χ1) is 18.2. The van der Waals surface area contributed by atoms with Crippen LogP contribution in [0.4, 0.5) is 18.9 Å². The van der Waals surface area contributed by atoms with Crippen LogP contribution in [0.3, 0.4) is 0 Å². The molecule has 0 amide bonds. The molecule has 208 valence electrons. The van der Waals surface area contributed by atoms with Crippen LogP contribution < -0.4 is 10.1 Å². The van der Waals surface area contributed by atoms with Gasteiger partial charge in [-0.15, -0.1) is 0 Å². The largest absolute Gasteiger partial charge is 0.487 e. The fourth-order valence-electron chi connectivity index (χ4n) is 4.22. The number of ether oxygens (including phenoxy) is 2. The van der Waals surface area contributed by atoms with Gasteiger partial charge in [-0.25, -0.2) is 9.59 Å². The van der Waals surface area contributed by atoms with Crippen LogP contribution in [-0.4, -0.2) is 34.7 Å². The molecule has 2 aromatic rings. The van der Waals surface area contributed by atoms with Crippen molar-refractivity contribution in [3.63, 3.8) is 0 Å². The molecule has 0 aliphatic carbocycles. The van der Waals surface area contributed by atoms with Gasteiger partial charge in [-0.3, -0.25) is 10.1 Å². The number of nitro groups is 1. The molecule has 1 aliphatic rings. The third kappa shape index (κ3) is 6.75. The maximum absolute atomic E-state index is 13.4. The maximum Gasteiger partial charge on any atom is 0.416 e. The molecule has 0 bridgehead atoms. The number of nitrogens with zero attached hydrogens (tertiary/aromatic N) is 1. The number of hydrogen-bond acceptors (Lipinski definition) is 7. The Balaban J connectivity index is 1.91. The number of esters is 1. The fourth-order valence-corrected chi connectivity index (χ4v) is 4.22. The number of carbonyl (C=O) groups is 2. The monoisotopic (exact) mass is 548 g/mol. The van der Waals surface area contributed by atoms with Crippen molar-refractivity contribution < 1.29 is 42.3 Å². The lowest BCUT2D eigenvalue weighted by molar-refractivity contribution is -0.384. The summed E-state index contributed by atoms with van der Waals surface area (Å²) in [6.07, 6.45) is -5.39. The number of allylic oxidation sites excluding steroid dienone is 2. The number of benzene rings is 2. The molecule has 9 nitrogen and oxygen atoms in total. The Hall–Kier alpha value is -4.35. The smallest absolute Gasteiger partial charge is 0.416 e. The van der Waals surface area contributed by atoms with Crippen molar-refractivity contribution >= 4 is 17.6 Å².